The lowest BCUT2D eigenvalue weighted by Crippen LogP contribution is -2.46. The normalized spacial score (nSPS) is 21.7. The maximum Gasteiger partial charge on any atom is 0.191 e. The summed E-state index contributed by atoms with van der Waals surface area (Å²) in [7, 11) is 0. The zero-order valence-electron chi connectivity index (χ0n) is 15.1. The van der Waals surface area contributed by atoms with Crippen LogP contribution in [0.15, 0.2) is 29.3 Å². The number of guanidine groups is 1. The van der Waals surface area contributed by atoms with Crippen LogP contribution in [0.5, 0.6) is 0 Å². The third-order valence-electron chi connectivity index (χ3n) is 4.37. The molecular formula is C18H30FIN4. The van der Waals surface area contributed by atoms with E-state index in [1.807, 2.05) is 0 Å². The van der Waals surface area contributed by atoms with Crippen molar-refractivity contribution in [1.29, 1.82) is 0 Å². The van der Waals surface area contributed by atoms with Crippen molar-refractivity contribution in [3.63, 3.8) is 0 Å². The quantitative estimate of drug-likeness (QED) is 0.413. The molecule has 0 spiro atoms. The summed E-state index contributed by atoms with van der Waals surface area (Å²) in [4.78, 5) is 7.13. The van der Waals surface area contributed by atoms with Gasteiger partial charge in [-0.2, -0.15) is 0 Å². The number of hydrogen-bond donors (Lipinski definition) is 2. The molecule has 0 saturated carbocycles. The lowest BCUT2D eigenvalue weighted by atomic mass is 10.1. The Morgan fingerprint density at radius 1 is 1.29 bits per heavy atom. The molecule has 1 aromatic rings. The van der Waals surface area contributed by atoms with Crippen molar-refractivity contribution in [3.05, 3.63) is 35.6 Å². The predicted molar refractivity (Wildman–Crippen MR) is 109 cm³/mol. The largest absolute Gasteiger partial charge is 0.357 e. The maximum absolute atomic E-state index is 13.0. The second-order valence-electron chi connectivity index (χ2n) is 6.60. The average molecular weight is 448 g/mol. The first-order chi connectivity index (χ1) is 11.0. The lowest BCUT2D eigenvalue weighted by molar-refractivity contribution is 0.265. The number of hydrogen-bond acceptors (Lipinski definition) is 2. The fraction of sp³-hybridized carbons (Fsp3) is 0.611. The van der Waals surface area contributed by atoms with Crippen molar-refractivity contribution in [2.45, 2.75) is 46.3 Å². The summed E-state index contributed by atoms with van der Waals surface area (Å²) < 4.78 is 13.0. The number of likely N-dealkylation sites (tertiary alicyclic amines) is 1. The number of halogens is 2. The Hall–Kier alpha value is -0.890. The first-order valence-corrected chi connectivity index (χ1v) is 8.53. The second-order valence-corrected chi connectivity index (χ2v) is 6.60. The van der Waals surface area contributed by atoms with E-state index < -0.39 is 0 Å². The highest BCUT2D eigenvalue weighted by molar-refractivity contribution is 14.0. The van der Waals surface area contributed by atoms with E-state index >= 15 is 0 Å². The molecule has 2 N–H and O–H groups in total. The summed E-state index contributed by atoms with van der Waals surface area (Å²) in [5.74, 6) is 1.21. The van der Waals surface area contributed by atoms with E-state index in [1.54, 1.807) is 12.1 Å². The van der Waals surface area contributed by atoms with Gasteiger partial charge in [-0.3, -0.25) is 4.90 Å². The Morgan fingerprint density at radius 3 is 2.50 bits per heavy atom. The highest BCUT2D eigenvalue weighted by Crippen LogP contribution is 2.18. The van der Waals surface area contributed by atoms with Gasteiger partial charge in [0, 0.05) is 31.7 Å². The molecule has 1 aromatic carbocycles. The van der Waals surface area contributed by atoms with Gasteiger partial charge in [0.1, 0.15) is 5.82 Å². The summed E-state index contributed by atoms with van der Waals surface area (Å²) in [5.41, 5.74) is 1.01. The van der Waals surface area contributed by atoms with Gasteiger partial charge in [0.05, 0.1) is 6.54 Å². The highest BCUT2D eigenvalue weighted by Gasteiger charge is 2.31. The Morgan fingerprint density at radius 2 is 1.96 bits per heavy atom. The van der Waals surface area contributed by atoms with Crippen LogP contribution in [0.1, 0.15) is 33.3 Å². The summed E-state index contributed by atoms with van der Waals surface area (Å²) in [6.45, 7) is 12.4. The molecule has 2 atom stereocenters. The molecule has 0 aliphatic carbocycles. The molecule has 136 valence electrons. The third kappa shape index (κ3) is 6.20. The van der Waals surface area contributed by atoms with Gasteiger partial charge in [-0.25, -0.2) is 9.38 Å². The number of benzene rings is 1. The van der Waals surface area contributed by atoms with E-state index in [0.717, 1.165) is 31.2 Å². The fourth-order valence-corrected chi connectivity index (χ4v) is 2.87. The van der Waals surface area contributed by atoms with Crippen molar-refractivity contribution < 1.29 is 4.39 Å². The Bertz CT molecular complexity index is 518. The van der Waals surface area contributed by atoms with Gasteiger partial charge in [-0.1, -0.05) is 19.1 Å². The summed E-state index contributed by atoms with van der Waals surface area (Å²) in [6, 6.07) is 7.49. The summed E-state index contributed by atoms with van der Waals surface area (Å²) in [6.07, 6.45) is 0. The van der Waals surface area contributed by atoms with Crippen molar-refractivity contribution in [2.75, 3.05) is 19.6 Å². The number of nitrogens with one attached hydrogen (secondary N) is 2. The third-order valence-corrected chi connectivity index (χ3v) is 4.37. The predicted octanol–water partition coefficient (Wildman–Crippen LogP) is 3.23. The van der Waals surface area contributed by atoms with Crippen molar-refractivity contribution in [1.82, 2.24) is 15.5 Å². The molecule has 4 nitrogen and oxygen atoms in total. The molecule has 1 aliphatic heterocycles. The van der Waals surface area contributed by atoms with Gasteiger partial charge >= 0.3 is 0 Å². The van der Waals surface area contributed by atoms with E-state index in [9.17, 15) is 4.39 Å². The summed E-state index contributed by atoms with van der Waals surface area (Å²) in [5, 5.41) is 6.86. The zero-order chi connectivity index (χ0) is 16.8. The minimum Gasteiger partial charge on any atom is -0.357 e. The Kier molecular flexibility index (Phi) is 8.97. The molecule has 1 aliphatic rings. The Balaban J connectivity index is 0.00000288. The Labute approximate surface area is 162 Å². The van der Waals surface area contributed by atoms with Crippen molar-refractivity contribution in [3.8, 4) is 0 Å². The van der Waals surface area contributed by atoms with Crippen LogP contribution in [-0.2, 0) is 6.54 Å². The van der Waals surface area contributed by atoms with Crippen LogP contribution in [-0.4, -0.2) is 42.6 Å². The molecule has 1 heterocycles. The number of nitrogens with zero attached hydrogens (tertiary/aromatic N) is 2. The molecular weight excluding hydrogens is 418 g/mol. The van der Waals surface area contributed by atoms with Crippen LogP contribution in [0, 0.1) is 11.7 Å². The molecule has 1 saturated heterocycles. The smallest absolute Gasteiger partial charge is 0.191 e. The van der Waals surface area contributed by atoms with Crippen LogP contribution in [0.3, 0.4) is 0 Å². The number of aliphatic imine (C=N–C) groups is 1. The standard InChI is InChI=1S/C18H29FN4.HI/c1-5-20-18(21-10-15-6-8-16(19)9-7-15)22-17-12-23(13(2)3)11-14(17)4;/h6-9,13-14,17H,5,10-12H2,1-4H3,(H2,20,21,22);1H. The van der Waals surface area contributed by atoms with E-state index in [1.165, 1.54) is 12.1 Å². The molecule has 6 heteroatoms. The van der Waals surface area contributed by atoms with Crippen LogP contribution >= 0.6 is 24.0 Å². The van der Waals surface area contributed by atoms with Crippen LogP contribution in [0.2, 0.25) is 0 Å². The molecule has 0 aromatic heterocycles. The van der Waals surface area contributed by atoms with Gasteiger partial charge in [0.15, 0.2) is 5.96 Å². The SMILES string of the molecule is CCNC(=NCc1ccc(F)cc1)NC1CN(C(C)C)CC1C.I. The topological polar surface area (TPSA) is 39.7 Å². The first-order valence-electron chi connectivity index (χ1n) is 8.53. The lowest BCUT2D eigenvalue weighted by Gasteiger charge is -2.22. The van der Waals surface area contributed by atoms with Gasteiger partial charge in [-0.05, 0) is 44.4 Å². The van der Waals surface area contributed by atoms with E-state index in [4.69, 9.17) is 0 Å². The van der Waals surface area contributed by atoms with Crippen molar-refractivity contribution >= 4 is 29.9 Å². The minimum atomic E-state index is -0.212. The summed E-state index contributed by atoms with van der Waals surface area (Å²) >= 11 is 0. The number of rotatable bonds is 5. The van der Waals surface area contributed by atoms with E-state index in [-0.39, 0.29) is 29.8 Å². The highest BCUT2D eigenvalue weighted by atomic mass is 127. The van der Waals surface area contributed by atoms with Crippen molar-refractivity contribution in [2.24, 2.45) is 10.9 Å². The van der Waals surface area contributed by atoms with Gasteiger partial charge in [0.2, 0.25) is 0 Å². The van der Waals surface area contributed by atoms with Crippen LogP contribution in [0.25, 0.3) is 0 Å². The van der Waals surface area contributed by atoms with Crippen LogP contribution in [0.4, 0.5) is 4.39 Å². The van der Waals surface area contributed by atoms with Crippen LogP contribution < -0.4 is 10.6 Å². The van der Waals surface area contributed by atoms with Gasteiger partial charge < -0.3 is 10.6 Å². The van der Waals surface area contributed by atoms with Gasteiger partial charge in [0.25, 0.3) is 0 Å². The molecule has 0 amide bonds. The second kappa shape index (κ2) is 10.2. The monoisotopic (exact) mass is 448 g/mol. The van der Waals surface area contributed by atoms with E-state index in [2.05, 4.69) is 48.2 Å². The molecule has 1 fully saturated rings. The zero-order valence-corrected chi connectivity index (χ0v) is 17.4. The minimum absolute atomic E-state index is 0. The maximum atomic E-state index is 13.0. The van der Waals surface area contributed by atoms with Gasteiger partial charge in [-0.15, -0.1) is 24.0 Å². The molecule has 24 heavy (non-hydrogen) atoms. The molecule has 2 rings (SSSR count). The molecule has 0 radical (unpaired) electrons. The first kappa shape index (κ1) is 21.2. The molecule has 2 unspecified atom stereocenters. The molecule has 0 bridgehead atoms. The average Bonchev–Trinajstić information content (AvgIpc) is 2.88. The van der Waals surface area contributed by atoms with E-state index in [0.29, 0.717) is 24.5 Å². The fourth-order valence-electron chi connectivity index (χ4n) is 2.87.